The number of nitrogens with two attached hydrogens (primary N) is 1. The van der Waals surface area contributed by atoms with Crippen molar-refractivity contribution in [1.82, 2.24) is 5.32 Å². The van der Waals surface area contributed by atoms with Crippen LogP contribution in [0.4, 0.5) is 0 Å². The minimum atomic E-state index is 0.445. The highest BCUT2D eigenvalue weighted by atomic mass is 16.5. The maximum atomic E-state index is 5.73. The molecule has 0 aliphatic heterocycles. The average Bonchev–Trinajstić information content (AvgIpc) is 2.52. The van der Waals surface area contributed by atoms with Crippen molar-refractivity contribution >= 4 is 16.7 Å². The summed E-state index contributed by atoms with van der Waals surface area (Å²) in [5.41, 5.74) is 5.67. The summed E-state index contributed by atoms with van der Waals surface area (Å²) in [5.74, 6) is 1.33. The molecule has 2 rings (SSSR count). The summed E-state index contributed by atoms with van der Waals surface area (Å²) in [6.45, 7) is 5.50. The molecule has 2 aromatic carbocycles. The van der Waals surface area contributed by atoms with Gasteiger partial charge in [-0.1, -0.05) is 36.4 Å². The van der Waals surface area contributed by atoms with E-state index in [1.54, 1.807) is 6.08 Å². The molecule has 0 aromatic heterocycles. The van der Waals surface area contributed by atoms with Crippen LogP contribution in [-0.2, 0) is 0 Å². The minimum Gasteiger partial charge on any atom is -0.494 e. The van der Waals surface area contributed by atoms with Crippen LogP contribution >= 0.6 is 0 Å². The van der Waals surface area contributed by atoms with E-state index in [0.29, 0.717) is 25.7 Å². The quantitative estimate of drug-likeness (QED) is 0.355. The lowest BCUT2D eigenvalue weighted by Crippen LogP contribution is -2.31. The predicted octanol–water partition coefficient (Wildman–Crippen LogP) is 2.70. The Hall–Kier alpha value is -2.49. The van der Waals surface area contributed by atoms with Crippen molar-refractivity contribution in [3.63, 3.8) is 0 Å². The minimum absolute atomic E-state index is 0.445. The molecule has 0 spiro atoms. The number of hydrogen-bond donors (Lipinski definition) is 2. The lowest BCUT2D eigenvalue weighted by atomic mass is 10.1. The smallest absolute Gasteiger partial charge is 0.188 e. The molecule has 4 nitrogen and oxygen atoms in total. The van der Waals surface area contributed by atoms with Gasteiger partial charge in [-0.3, -0.25) is 4.99 Å². The number of guanidine groups is 1. The molecule has 0 saturated carbocycles. The molecule has 4 heteroatoms. The maximum Gasteiger partial charge on any atom is 0.188 e. The van der Waals surface area contributed by atoms with E-state index in [4.69, 9.17) is 10.5 Å². The van der Waals surface area contributed by atoms with Crippen molar-refractivity contribution in [3.8, 4) is 5.75 Å². The number of hydrogen-bond acceptors (Lipinski definition) is 2. The molecule has 21 heavy (non-hydrogen) atoms. The standard InChI is InChI=1S/C17H21N3O/c1-2-10-19-17(18)20-11-5-12-21-16-9-8-14-6-3-4-7-15(14)13-16/h2-4,6-9,13H,1,5,10-12H2,(H3,18,19,20). The van der Waals surface area contributed by atoms with Crippen molar-refractivity contribution in [2.24, 2.45) is 10.7 Å². The molecule has 0 fully saturated rings. The van der Waals surface area contributed by atoms with Gasteiger partial charge in [0.25, 0.3) is 0 Å². The molecule has 0 bridgehead atoms. The zero-order valence-electron chi connectivity index (χ0n) is 12.1. The monoisotopic (exact) mass is 283 g/mol. The van der Waals surface area contributed by atoms with Crippen LogP contribution in [0.2, 0.25) is 0 Å². The van der Waals surface area contributed by atoms with Crippen LogP contribution in [0, 0.1) is 0 Å². The third-order valence-corrected chi connectivity index (χ3v) is 3.00. The third-order valence-electron chi connectivity index (χ3n) is 3.00. The van der Waals surface area contributed by atoms with Gasteiger partial charge in [-0.2, -0.15) is 0 Å². The maximum absolute atomic E-state index is 5.73. The van der Waals surface area contributed by atoms with E-state index in [1.165, 1.54) is 10.8 Å². The van der Waals surface area contributed by atoms with Crippen LogP contribution in [0.25, 0.3) is 10.8 Å². The Morgan fingerprint density at radius 2 is 2.05 bits per heavy atom. The van der Waals surface area contributed by atoms with Crippen molar-refractivity contribution in [1.29, 1.82) is 0 Å². The van der Waals surface area contributed by atoms with E-state index in [-0.39, 0.29) is 0 Å². The molecule has 0 aliphatic carbocycles. The highest BCUT2D eigenvalue weighted by Gasteiger charge is 1.97. The van der Waals surface area contributed by atoms with Gasteiger partial charge in [-0.25, -0.2) is 0 Å². The number of nitrogens with one attached hydrogen (secondary N) is 1. The number of rotatable bonds is 7. The lowest BCUT2D eigenvalue weighted by Gasteiger charge is -2.07. The molecular formula is C17H21N3O. The normalized spacial score (nSPS) is 11.3. The molecule has 0 unspecified atom stereocenters. The Labute approximate surface area is 125 Å². The van der Waals surface area contributed by atoms with E-state index in [9.17, 15) is 0 Å². The number of aliphatic imine (C=N–C) groups is 1. The van der Waals surface area contributed by atoms with E-state index in [2.05, 4.69) is 41.2 Å². The summed E-state index contributed by atoms with van der Waals surface area (Å²) in [6.07, 6.45) is 2.56. The molecule has 0 radical (unpaired) electrons. The average molecular weight is 283 g/mol. The lowest BCUT2D eigenvalue weighted by molar-refractivity contribution is 0.314. The predicted molar refractivity (Wildman–Crippen MR) is 88.7 cm³/mol. The van der Waals surface area contributed by atoms with Gasteiger partial charge in [0.05, 0.1) is 6.61 Å². The zero-order valence-corrected chi connectivity index (χ0v) is 12.1. The van der Waals surface area contributed by atoms with Gasteiger partial charge >= 0.3 is 0 Å². The first-order valence-corrected chi connectivity index (χ1v) is 7.06. The number of ether oxygens (including phenoxy) is 1. The molecule has 0 atom stereocenters. The van der Waals surface area contributed by atoms with E-state index < -0.39 is 0 Å². The fourth-order valence-corrected chi connectivity index (χ4v) is 1.94. The zero-order chi connectivity index (χ0) is 14.9. The summed E-state index contributed by atoms with van der Waals surface area (Å²) >= 11 is 0. The van der Waals surface area contributed by atoms with Crippen LogP contribution in [0.3, 0.4) is 0 Å². The molecule has 0 aliphatic rings. The second-order valence-corrected chi connectivity index (χ2v) is 4.65. The van der Waals surface area contributed by atoms with Gasteiger partial charge in [0.1, 0.15) is 5.75 Å². The molecule has 110 valence electrons. The highest BCUT2D eigenvalue weighted by Crippen LogP contribution is 2.20. The van der Waals surface area contributed by atoms with Crippen molar-refractivity contribution in [3.05, 3.63) is 55.1 Å². The van der Waals surface area contributed by atoms with E-state index >= 15 is 0 Å². The summed E-state index contributed by atoms with van der Waals surface area (Å²) < 4.78 is 5.73. The van der Waals surface area contributed by atoms with Crippen LogP contribution in [0.1, 0.15) is 6.42 Å². The summed E-state index contributed by atoms with van der Waals surface area (Å²) in [7, 11) is 0. The van der Waals surface area contributed by atoms with Gasteiger partial charge in [0.2, 0.25) is 0 Å². The van der Waals surface area contributed by atoms with Gasteiger partial charge in [0, 0.05) is 19.5 Å². The highest BCUT2D eigenvalue weighted by molar-refractivity contribution is 5.83. The van der Waals surface area contributed by atoms with Gasteiger partial charge in [-0.15, -0.1) is 6.58 Å². The van der Waals surface area contributed by atoms with E-state index in [1.807, 2.05) is 18.2 Å². The first-order valence-electron chi connectivity index (χ1n) is 7.06. The largest absolute Gasteiger partial charge is 0.494 e. The van der Waals surface area contributed by atoms with Gasteiger partial charge in [-0.05, 0) is 22.9 Å². The Morgan fingerprint density at radius 3 is 2.86 bits per heavy atom. The molecule has 0 heterocycles. The molecular weight excluding hydrogens is 262 g/mol. The molecule has 3 N–H and O–H groups in total. The number of fused-ring (bicyclic) bond motifs is 1. The second-order valence-electron chi connectivity index (χ2n) is 4.65. The Morgan fingerprint density at radius 1 is 1.24 bits per heavy atom. The second kappa shape index (κ2) is 7.94. The van der Waals surface area contributed by atoms with Crippen molar-refractivity contribution in [2.75, 3.05) is 19.7 Å². The Balaban J connectivity index is 1.76. The van der Waals surface area contributed by atoms with Crippen LogP contribution in [0.5, 0.6) is 5.75 Å². The fraction of sp³-hybridized carbons (Fsp3) is 0.235. The topological polar surface area (TPSA) is 59.6 Å². The third kappa shape index (κ3) is 4.84. The van der Waals surface area contributed by atoms with Crippen LogP contribution in [-0.4, -0.2) is 25.7 Å². The first-order chi connectivity index (χ1) is 10.3. The molecule has 2 aromatic rings. The van der Waals surface area contributed by atoms with Crippen molar-refractivity contribution in [2.45, 2.75) is 6.42 Å². The summed E-state index contributed by atoms with van der Waals surface area (Å²) in [5, 5.41) is 5.33. The summed E-state index contributed by atoms with van der Waals surface area (Å²) in [4.78, 5) is 4.20. The van der Waals surface area contributed by atoms with Gasteiger partial charge in [0.15, 0.2) is 5.96 Å². The molecule has 0 saturated heterocycles. The van der Waals surface area contributed by atoms with Gasteiger partial charge < -0.3 is 15.8 Å². The van der Waals surface area contributed by atoms with E-state index in [0.717, 1.165) is 12.2 Å². The Kier molecular flexibility index (Phi) is 5.64. The van der Waals surface area contributed by atoms with Crippen LogP contribution in [0.15, 0.2) is 60.1 Å². The number of nitrogens with zero attached hydrogens (tertiary/aromatic N) is 1. The number of benzene rings is 2. The first kappa shape index (κ1) is 14.9. The van der Waals surface area contributed by atoms with Crippen LogP contribution < -0.4 is 15.8 Å². The molecule has 0 amide bonds. The SMILES string of the molecule is C=CCNC(N)=NCCCOc1ccc2ccccc2c1. The fourth-order valence-electron chi connectivity index (χ4n) is 1.94. The summed E-state index contributed by atoms with van der Waals surface area (Å²) in [6, 6.07) is 14.3. The van der Waals surface area contributed by atoms with Crippen molar-refractivity contribution < 1.29 is 4.74 Å². The Bertz CT molecular complexity index is 622.